The molecule has 8 nitrogen and oxygen atoms in total. The Morgan fingerprint density at radius 3 is 2.76 bits per heavy atom. The van der Waals surface area contributed by atoms with E-state index in [4.69, 9.17) is 4.74 Å². The van der Waals surface area contributed by atoms with Crippen molar-refractivity contribution in [2.24, 2.45) is 5.92 Å². The van der Waals surface area contributed by atoms with Gasteiger partial charge in [0.2, 0.25) is 15.0 Å². The third-order valence-electron chi connectivity index (χ3n) is 5.73. The van der Waals surface area contributed by atoms with Crippen LogP contribution in [0.25, 0.3) is 0 Å². The van der Waals surface area contributed by atoms with Crippen LogP contribution in [0.5, 0.6) is 0 Å². The van der Waals surface area contributed by atoms with Gasteiger partial charge in [-0.1, -0.05) is 0 Å². The zero-order valence-electron chi connectivity index (χ0n) is 17.3. The monoisotopic (exact) mass is 421 g/mol. The van der Waals surface area contributed by atoms with Crippen molar-refractivity contribution >= 4 is 9.84 Å². The second-order valence-electron chi connectivity index (χ2n) is 8.30. The van der Waals surface area contributed by atoms with E-state index in [1.807, 2.05) is 24.0 Å². The molecule has 0 N–H and O–H groups in total. The lowest BCUT2D eigenvalue weighted by Crippen LogP contribution is -2.26. The Morgan fingerprint density at radius 2 is 2.07 bits per heavy atom. The molecule has 1 atom stereocenters. The molecule has 0 bridgehead atoms. The third kappa shape index (κ3) is 4.90. The smallest absolute Gasteiger partial charge is 0.227 e. The first-order valence-electron chi connectivity index (χ1n) is 10.5. The van der Waals surface area contributed by atoms with Crippen molar-refractivity contribution in [3.8, 4) is 0 Å². The highest BCUT2D eigenvalue weighted by atomic mass is 32.2. The summed E-state index contributed by atoms with van der Waals surface area (Å²) in [4.78, 5) is 11.0. The SMILES string of the molecule is CCn1ccnc1CN(C)Cc1cnc(S(=O)(=O)CC2CC2)n1CC1CCCO1. The lowest BCUT2D eigenvalue weighted by Gasteiger charge is -2.20. The molecular formula is C20H31N5O3S. The number of rotatable bonds is 10. The van der Waals surface area contributed by atoms with Crippen molar-refractivity contribution in [3.63, 3.8) is 0 Å². The van der Waals surface area contributed by atoms with E-state index in [0.717, 1.165) is 50.4 Å². The molecular weight excluding hydrogens is 390 g/mol. The Morgan fingerprint density at radius 1 is 1.24 bits per heavy atom. The summed E-state index contributed by atoms with van der Waals surface area (Å²) in [6.07, 6.45) is 9.57. The average Bonchev–Trinajstić information content (AvgIpc) is 3.07. The van der Waals surface area contributed by atoms with Crippen LogP contribution in [0.4, 0.5) is 0 Å². The zero-order valence-corrected chi connectivity index (χ0v) is 18.1. The highest BCUT2D eigenvalue weighted by Gasteiger charge is 2.33. The van der Waals surface area contributed by atoms with E-state index in [0.29, 0.717) is 25.6 Å². The van der Waals surface area contributed by atoms with Crippen LogP contribution in [0.2, 0.25) is 0 Å². The minimum atomic E-state index is -3.38. The Labute approximate surface area is 172 Å². The number of ether oxygens (including phenoxy) is 1. The van der Waals surface area contributed by atoms with Gasteiger partial charge in [-0.3, -0.25) is 4.90 Å². The first-order valence-corrected chi connectivity index (χ1v) is 12.2. The van der Waals surface area contributed by atoms with Crippen molar-refractivity contribution in [3.05, 3.63) is 30.1 Å². The van der Waals surface area contributed by atoms with Gasteiger partial charge in [0.1, 0.15) is 5.82 Å². The standard InChI is InChI=1S/C20H31N5O3S/c1-3-24-9-8-21-19(24)14-23(2)12-17-11-22-20(29(26,27)15-16-6-7-16)25(17)13-18-5-4-10-28-18/h8-9,11,16,18H,3-7,10,12-15H2,1-2H3. The van der Waals surface area contributed by atoms with Gasteiger partial charge < -0.3 is 13.9 Å². The Kier molecular flexibility index (Phi) is 6.08. The van der Waals surface area contributed by atoms with Crippen molar-refractivity contribution in [2.75, 3.05) is 19.4 Å². The van der Waals surface area contributed by atoms with E-state index in [-0.39, 0.29) is 17.0 Å². The first kappa shape index (κ1) is 20.6. The number of nitrogens with zero attached hydrogens (tertiary/aromatic N) is 5. The summed E-state index contributed by atoms with van der Waals surface area (Å²) in [6, 6.07) is 0. The normalized spacial score (nSPS) is 20.0. The summed E-state index contributed by atoms with van der Waals surface area (Å²) in [5.74, 6) is 1.51. The molecule has 29 heavy (non-hydrogen) atoms. The van der Waals surface area contributed by atoms with E-state index < -0.39 is 9.84 Å². The number of hydrogen-bond acceptors (Lipinski definition) is 6. The van der Waals surface area contributed by atoms with Crippen LogP contribution in [0.1, 0.15) is 44.1 Å². The zero-order chi connectivity index (χ0) is 20.4. The Balaban J connectivity index is 1.54. The van der Waals surface area contributed by atoms with Gasteiger partial charge in [0.15, 0.2) is 0 Å². The molecule has 1 unspecified atom stereocenters. The quantitative estimate of drug-likeness (QED) is 0.584. The van der Waals surface area contributed by atoms with E-state index in [1.54, 1.807) is 6.20 Å². The molecule has 2 aromatic rings. The molecule has 0 radical (unpaired) electrons. The molecule has 1 aliphatic heterocycles. The maximum Gasteiger partial charge on any atom is 0.227 e. The van der Waals surface area contributed by atoms with Gasteiger partial charge in [-0.05, 0) is 45.6 Å². The van der Waals surface area contributed by atoms with Gasteiger partial charge in [-0.15, -0.1) is 0 Å². The lowest BCUT2D eigenvalue weighted by molar-refractivity contribution is 0.0934. The fourth-order valence-electron chi connectivity index (χ4n) is 3.98. The highest BCUT2D eigenvalue weighted by molar-refractivity contribution is 7.91. The summed E-state index contributed by atoms with van der Waals surface area (Å²) < 4.78 is 35.7. The largest absolute Gasteiger partial charge is 0.376 e. The molecule has 0 aromatic carbocycles. The Bertz CT molecular complexity index is 926. The van der Waals surface area contributed by atoms with Gasteiger partial charge in [0.05, 0.1) is 36.8 Å². The molecule has 1 saturated heterocycles. The number of sulfone groups is 1. The van der Waals surface area contributed by atoms with Crippen LogP contribution in [-0.2, 0) is 40.8 Å². The van der Waals surface area contributed by atoms with E-state index in [9.17, 15) is 8.42 Å². The first-order chi connectivity index (χ1) is 14.0. The summed E-state index contributed by atoms with van der Waals surface area (Å²) in [7, 11) is -1.36. The molecule has 2 aromatic heterocycles. The number of aryl methyl sites for hydroxylation is 1. The van der Waals surface area contributed by atoms with Crippen molar-refractivity contribution < 1.29 is 13.2 Å². The van der Waals surface area contributed by atoms with Crippen LogP contribution in [0, 0.1) is 5.92 Å². The predicted octanol–water partition coefficient (Wildman–Crippen LogP) is 2.09. The summed E-state index contributed by atoms with van der Waals surface area (Å²) in [6.45, 7) is 5.57. The molecule has 2 fully saturated rings. The molecule has 1 aliphatic carbocycles. The van der Waals surface area contributed by atoms with E-state index in [1.165, 1.54) is 0 Å². The van der Waals surface area contributed by atoms with Crippen molar-refractivity contribution in [1.29, 1.82) is 0 Å². The second-order valence-corrected chi connectivity index (χ2v) is 10.2. The fraction of sp³-hybridized carbons (Fsp3) is 0.700. The number of aromatic nitrogens is 4. The molecule has 3 heterocycles. The topological polar surface area (TPSA) is 82.3 Å². The van der Waals surface area contributed by atoms with Gasteiger partial charge in [0, 0.05) is 32.1 Å². The van der Waals surface area contributed by atoms with E-state index >= 15 is 0 Å². The number of hydrogen-bond donors (Lipinski definition) is 0. The molecule has 0 amide bonds. The fourth-order valence-corrected chi connectivity index (χ4v) is 5.82. The van der Waals surface area contributed by atoms with Crippen molar-refractivity contribution in [1.82, 2.24) is 24.0 Å². The molecule has 9 heteroatoms. The van der Waals surface area contributed by atoms with Crippen LogP contribution < -0.4 is 0 Å². The lowest BCUT2D eigenvalue weighted by atomic mass is 10.2. The van der Waals surface area contributed by atoms with Gasteiger partial charge in [-0.25, -0.2) is 18.4 Å². The molecule has 160 valence electrons. The van der Waals surface area contributed by atoms with E-state index in [2.05, 4.69) is 26.4 Å². The predicted molar refractivity (Wildman–Crippen MR) is 109 cm³/mol. The third-order valence-corrected chi connectivity index (χ3v) is 7.52. The molecule has 2 aliphatic rings. The maximum atomic E-state index is 13.0. The van der Waals surface area contributed by atoms with Crippen LogP contribution in [0.3, 0.4) is 0 Å². The van der Waals surface area contributed by atoms with Gasteiger partial charge >= 0.3 is 0 Å². The van der Waals surface area contributed by atoms with Crippen LogP contribution >= 0.6 is 0 Å². The summed E-state index contributed by atoms with van der Waals surface area (Å²) in [5, 5.41) is 0.207. The minimum absolute atomic E-state index is 0.0575. The molecule has 0 spiro atoms. The van der Waals surface area contributed by atoms with Crippen LogP contribution in [0.15, 0.2) is 23.7 Å². The Hall–Kier alpha value is -1.71. The maximum absolute atomic E-state index is 13.0. The summed E-state index contributed by atoms with van der Waals surface area (Å²) >= 11 is 0. The van der Waals surface area contributed by atoms with Gasteiger partial charge in [0.25, 0.3) is 0 Å². The average molecular weight is 422 g/mol. The molecule has 1 saturated carbocycles. The van der Waals surface area contributed by atoms with Crippen molar-refractivity contribution in [2.45, 2.75) is 70.0 Å². The van der Waals surface area contributed by atoms with Crippen LogP contribution in [-0.4, -0.2) is 57.9 Å². The number of imidazole rings is 2. The summed E-state index contributed by atoms with van der Waals surface area (Å²) in [5.41, 5.74) is 0.909. The second kappa shape index (κ2) is 8.57. The highest BCUT2D eigenvalue weighted by Crippen LogP contribution is 2.32. The van der Waals surface area contributed by atoms with Gasteiger partial charge in [-0.2, -0.15) is 0 Å². The minimum Gasteiger partial charge on any atom is -0.376 e. The molecule has 4 rings (SSSR count).